The number of hydrogen-bond donors (Lipinski definition) is 1. The van der Waals surface area contributed by atoms with Crippen LogP contribution in [0.3, 0.4) is 0 Å². The number of halogens is 5. The van der Waals surface area contributed by atoms with Gasteiger partial charge in [0.15, 0.2) is 0 Å². The van der Waals surface area contributed by atoms with E-state index in [-0.39, 0.29) is 29.6 Å². The largest absolute Gasteiger partial charge is 0.416 e. The summed E-state index contributed by atoms with van der Waals surface area (Å²) < 4.78 is 65.7. The van der Waals surface area contributed by atoms with Crippen LogP contribution in [-0.4, -0.2) is 50.5 Å². The molecule has 1 unspecified atom stereocenters. The minimum absolute atomic E-state index is 0.132. The van der Waals surface area contributed by atoms with Crippen molar-refractivity contribution in [3.8, 4) is 0 Å². The number of alkyl halides is 3. The molecule has 0 aromatic heterocycles. The first-order valence-electron chi connectivity index (χ1n) is 11.7. The second-order valence-electron chi connectivity index (χ2n) is 9.14. The van der Waals surface area contributed by atoms with E-state index >= 15 is 0 Å². The smallest absolute Gasteiger partial charge is 0.354 e. The van der Waals surface area contributed by atoms with Crippen LogP contribution in [0.2, 0.25) is 10.0 Å². The van der Waals surface area contributed by atoms with E-state index in [0.717, 1.165) is 24.5 Å². The average molecular weight is 596 g/mol. The molecule has 0 radical (unpaired) electrons. The van der Waals surface area contributed by atoms with Gasteiger partial charge in [-0.25, -0.2) is 8.42 Å². The van der Waals surface area contributed by atoms with Crippen LogP contribution in [0.15, 0.2) is 42.5 Å². The van der Waals surface area contributed by atoms with Crippen LogP contribution in [0.1, 0.15) is 38.3 Å². The van der Waals surface area contributed by atoms with Gasteiger partial charge in [-0.15, -0.1) is 0 Å². The minimum atomic E-state index is -4.72. The number of nitrogens with one attached hydrogen (secondary N) is 1. The summed E-state index contributed by atoms with van der Waals surface area (Å²) in [6.45, 7) is 4.83. The van der Waals surface area contributed by atoms with Gasteiger partial charge in [0.25, 0.3) is 0 Å². The number of nitrogens with zero attached hydrogens (tertiary/aromatic N) is 2. The van der Waals surface area contributed by atoms with Crippen molar-refractivity contribution in [2.75, 3.05) is 23.7 Å². The molecule has 0 heterocycles. The summed E-state index contributed by atoms with van der Waals surface area (Å²) in [5.41, 5.74) is -0.956. The van der Waals surface area contributed by atoms with Gasteiger partial charge in [-0.05, 0) is 48.2 Å². The summed E-state index contributed by atoms with van der Waals surface area (Å²) in [6.07, 6.45) is -3.75. The van der Waals surface area contributed by atoms with E-state index in [9.17, 15) is 31.2 Å². The Morgan fingerprint density at radius 3 is 2.26 bits per heavy atom. The summed E-state index contributed by atoms with van der Waals surface area (Å²) in [5, 5.41) is 3.35. The topological polar surface area (TPSA) is 86.8 Å². The first kappa shape index (κ1) is 31.7. The quantitative estimate of drug-likeness (QED) is 0.379. The highest BCUT2D eigenvalue weighted by atomic mass is 35.5. The van der Waals surface area contributed by atoms with Crippen LogP contribution < -0.4 is 9.62 Å². The molecule has 2 aromatic rings. The summed E-state index contributed by atoms with van der Waals surface area (Å²) in [4.78, 5) is 27.9. The molecule has 0 aliphatic carbocycles. The summed E-state index contributed by atoms with van der Waals surface area (Å²) in [6, 6.07) is 7.26. The molecule has 0 spiro atoms. The van der Waals surface area contributed by atoms with E-state index in [2.05, 4.69) is 5.32 Å². The van der Waals surface area contributed by atoms with Gasteiger partial charge in [-0.2, -0.15) is 13.2 Å². The zero-order valence-electron chi connectivity index (χ0n) is 21.4. The van der Waals surface area contributed by atoms with E-state index in [0.29, 0.717) is 27.5 Å². The Morgan fingerprint density at radius 2 is 1.74 bits per heavy atom. The molecule has 0 bridgehead atoms. The third-order valence-electron chi connectivity index (χ3n) is 5.57. The van der Waals surface area contributed by atoms with Crippen LogP contribution >= 0.6 is 23.2 Å². The van der Waals surface area contributed by atoms with Crippen molar-refractivity contribution in [2.24, 2.45) is 5.92 Å². The predicted molar refractivity (Wildman–Crippen MR) is 143 cm³/mol. The molecule has 2 rings (SSSR count). The maximum absolute atomic E-state index is 13.6. The van der Waals surface area contributed by atoms with E-state index < -0.39 is 46.2 Å². The van der Waals surface area contributed by atoms with Crippen molar-refractivity contribution in [1.29, 1.82) is 0 Å². The molecule has 210 valence electrons. The zero-order chi connectivity index (χ0) is 28.8. The maximum Gasteiger partial charge on any atom is 0.416 e. The highest BCUT2D eigenvalue weighted by molar-refractivity contribution is 7.92. The molecule has 38 heavy (non-hydrogen) atoms. The van der Waals surface area contributed by atoms with Crippen LogP contribution in [0.5, 0.6) is 0 Å². The lowest BCUT2D eigenvalue weighted by Crippen LogP contribution is -2.52. The lowest BCUT2D eigenvalue weighted by atomic mass is 10.1. The second-order valence-corrected chi connectivity index (χ2v) is 11.9. The van der Waals surface area contributed by atoms with Gasteiger partial charge >= 0.3 is 6.18 Å². The van der Waals surface area contributed by atoms with E-state index in [4.69, 9.17) is 23.2 Å². The van der Waals surface area contributed by atoms with Crippen LogP contribution in [0.4, 0.5) is 18.9 Å². The number of carbonyl (C=O) groups is 2. The molecule has 7 nitrogen and oxygen atoms in total. The minimum Gasteiger partial charge on any atom is -0.354 e. The molecule has 2 aromatic carbocycles. The van der Waals surface area contributed by atoms with Crippen molar-refractivity contribution in [1.82, 2.24) is 10.2 Å². The monoisotopic (exact) mass is 595 g/mol. The number of amides is 2. The maximum atomic E-state index is 13.6. The molecule has 0 saturated heterocycles. The number of benzene rings is 2. The highest BCUT2D eigenvalue weighted by Gasteiger charge is 2.34. The molecular weight excluding hydrogens is 566 g/mol. The molecule has 0 fully saturated rings. The second kappa shape index (κ2) is 13.0. The fourth-order valence-electron chi connectivity index (χ4n) is 3.63. The molecule has 0 aliphatic rings. The molecule has 0 aliphatic heterocycles. The van der Waals surface area contributed by atoms with Crippen molar-refractivity contribution < 1.29 is 31.2 Å². The number of rotatable bonds is 11. The van der Waals surface area contributed by atoms with Crippen molar-refractivity contribution in [3.63, 3.8) is 0 Å². The van der Waals surface area contributed by atoms with Gasteiger partial charge in [-0.3, -0.25) is 13.9 Å². The molecule has 1 N–H and O–H groups in total. The van der Waals surface area contributed by atoms with Crippen LogP contribution in [0.25, 0.3) is 0 Å². The molecular formula is C25H30Cl2F3N3O4S. The number of carbonyl (C=O) groups excluding carboxylic acids is 2. The number of anilines is 1. The normalized spacial score (nSPS) is 12.8. The standard InChI is InChI=1S/C25H30Cl2F3N3O4S/c1-5-22(24(35)31-13-16(2)3)32(14-17-9-10-19(26)12-21(17)27)23(34)15-33(38(4,36)37)20-8-6-7-18(11-20)25(28,29)30/h6-12,16,22H,5,13-15H2,1-4H3,(H,31,35). The molecule has 0 saturated carbocycles. The first-order chi connectivity index (χ1) is 17.5. The Bertz CT molecular complexity index is 1260. The molecule has 1 atom stereocenters. The first-order valence-corrected chi connectivity index (χ1v) is 14.3. The molecule has 2 amide bonds. The summed E-state index contributed by atoms with van der Waals surface area (Å²) in [7, 11) is -4.20. The molecule has 13 heteroatoms. The van der Waals surface area contributed by atoms with Gasteiger partial charge in [0.2, 0.25) is 21.8 Å². The SMILES string of the molecule is CCC(C(=O)NCC(C)C)N(Cc1ccc(Cl)cc1Cl)C(=O)CN(c1cccc(C(F)(F)F)c1)S(C)(=O)=O. The Kier molecular flexibility index (Phi) is 10.9. The van der Waals surface area contributed by atoms with Crippen LogP contribution in [0, 0.1) is 5.92 Å². The van der Waals surface area contributed by atoms with Gasteiger partial charge in [0.1, 0.15) is 12.6 Å². The number of hydrogen-bond acceptors (Lipinski definition) is 4. The van der Waals surface area contributed by atoms with E-state index in [1.165, 1.54) is 11.0 Å². The van der Waals surface area contributed by atoms with Crippen molar-refractivity contribution >= 4 is 50.7 Å². The van der Waals surface area contributed by atoms with Gasteiger partial charge in [0.05, 0.1) is 17.5 Å². The van der Waals surface area contributed by atoms with E-state index in [1.807, 2.05) is 13.8 Å². The third kappa shape index (κ3) is 8.78. The fourth-order valence-corrected chi connectivity index (χ4v) is 4.94. The lowest BCUT2D eigenvalue weighted by Gasteiger charge is -2.33. The summed E-state index contributed by atoms with van der Waals surface area (Å²) in [5.74, 6) is -1.12. The van der Waals surface area contributed by atoms with Crippen molar-refractivity contribution in [3.05, 3.63) is 63.6 Å². The lowest BCUT2D eigenvalue weighted by molar-refractivity contribution is -0.140. The Hall–Kier alpha value is -2.50. The fraction of sp³-hybridized carbons (Fsp3) is 0.440. The zero-order valence-corrected chi connectivity index (χ0v) is 23.7. The number of sulfonamides is 1. The predicted octanol–water partition coefficient (Wildman–Crippen LogP) is 5.36. The Balaban J connectivity index is 2.51. The third-order valence-corrected chi connectivity index (χ3v) is 7.29. The van der Waals surface area contributed by atoms with Crippen molar-refractivity contribution in [2.45, 2.75) is 46.0 Å². The Labute approximate surface area is 230 Å². The van der Waals surface area contributed by atoms with Gasteiger partial charge in [-0.1, -0.05) is 56.1 Å². The summed E-state index contributed by atoms with van der Waals surface area (Å²) >= 11 is 12.3. The average Bonchev–Trinajstić information content (AvgIpc) is 2.81. The van der Waals surface area contributed by atoms with Crippen LogP contribution in [-0.2, 0) is 32.3 Å². The van der Waals surface area contributed by atoms with Gasteiger partial charge in [0, 0.05) is 23.1 Å². The van der Waals surface area contributed by atoms with Gasteiger partial charge < -0.3 is 10.2 Å². The van der Waals surface area contributed by atoms with E-state index in [1.54, 1.807) is 19.1 Å². The Morgan fingerprint density at radius 1 is 1.08 bits per heavy atom. The highest BCUT2D eigenvalue weighted by Crippen LogP contribution is 2.32.